The van der Waals surface area contributed by atoms with Gasteiger partial charge in [-0.3, -0.25) is 0 Å². The average molecular weight is 158 g/mol. The molecule has 50 valence electrons. The highest BCUT2D eigenvalue weighted by molar-refractivity contribution is 7.21. The summed E-state index contributed by atoms with van der Waals surface area (Å²) in [5.74, 6) is 0. The van der Waals surface area contributed by atoms with Crippen LogP contribution in [0.25, 0.3) is 0 Å². The van der Waals surface area contributed by atoms with Crippen molar-refractivity contribution in [3.8, 4) is 0 Å². The maximum atomic E-state index is 2.83. The van der Waals surface area contributed by atoms with Gasteiger partial charge in [0.25, 0.3) is 0 Å². The van der Waals surface area contributed by atoms with Crippen LogP contribution in [0.1, 0.15) is 18.7 Å². The number of rotatable bonds is 1. The van der Waals surface area contributed by atoms with Crippen molar-refractivity contribution in [2.75, 3.05) is 0 Å². The largest absolute Gasteiger partial charge is 0.148 e. The standard InChI is InChI=1S/C7H11PS/c1-7(2,8)6-4-3-5-9-6/h3-5H,8H2,1-2H3. The van der Waals surface area contributed by atoms with E-state index in [9.17, 15) is 0 Å². The Morgan fingerprint density at radius 3 is 2.44 bits per heavy atom. The fourth-order valence-electron chi connectivity index (χ4n) is 0.645. The van der Waals surface area contributed by atoms with E-state index in [1.165, 1.54) is 4.88 Å². The summed E-state index contributed by atoms with van der Waals surface area (Å²) in [5, 5.41) is 2.37. The van der Waals surface area contributed by atoms with Crippen LogP contribution in [0, 0.1) is 0 Å². The predicted molar refractivity (Wildman–Crippen MR) is 47.1 cm³/mol. The van der Waals surface area contributed by atoms with E-state index in [1.807, 2.05) is 11.3 Å². The van der Waals surface area contributed by atoms with Gasteiger partial charge in [-0.05, 0) is 11.4 Å². The Hall–Kier alpha value is 0.130. The van der Waals surface area contributed by atoms with Gasteiger partial charge in [0.2, 0.25) is 0 Å². The summed E-state index contributed by atoms with van der Waals surface area (Å²) in [6, 6.07) is 4.25. The SMILES string of the molecule is CC(C)(P)c1cccs1. The molecule has 0 spiro atoms. The first-order chi connectivity index (χ1) is 4.11. The second kappa shape index (κ2) is 2.40. The minimum Gasteiger partial charge on any atom is -0.148 e. The topological polar surface area (TPSA) is 0 Å². The third-order valence-electron chi connectivity index (χ3n) is 1.16. The smallest absolute Gasteiger partial charge is 0.0139 e. The second-order valence-electron chi connectivity index (χ2n) is 2.70. The van der Waals surface area contributed by atoms with Gasteiger partial charge in [0.05, 0.1) is 0 Å². The Labute approximate surface area is 62.5 Å². The van der Waals surface area contributed by atoms with Crippen LogP contribution in [0.2, 0.25) is 0 Å². The number of hydrogen-bond donors (Lipinski definition) is 0. The molecule has 1 atom stereocenters. The highest BCUT2D eigenvalue weighted by Crippen LogP contribution is 2.32. The van der Waals surface area contributed by atoms with Crippen molar-refractivity contribution in [2.24, 2.45) is 0 Å². The molecule has 0 radical (unpaired) electrons. The third kappa shape index (κ3) is 1.77. The lowest BCUT2D eigenvalue weighted by Gasteiger charge is -2.14. The number of thiophene rings is 1. The highest BCUT2D eigenvalue weighted by atomic mass is 32.1. The van der Waals surface area contributed by atoms with Gasteiger partial charge in [0, 0.05) is 10.0 Å². The molecule has 1 aromatic heterocycles. The van der Waals surface area contributed by atoms with E-state index < -0.39 is 0 Å². The summed E-state index contributed by atoms with van der Waals surface area (Å²) < 4.78 is 0. The predicted octanol–water partition coefficient (Wildman–Crippen LogP) is 2.86. The monoisotopic (exact) mass is 158 g/mol. The average Bonchev–Trinajstić information content (AvgIpc) is 2.08. The van der Waals surface area contributed by atoms with Crippen LogP contribution in [0.3, 0.4) is 0 Å². The molecule has 0 aliphatic carbocycles. The zero-order valence-corrected chi connectivity index (χ0v) is 7.69. The lowest BCUT2D eigenvalue weighted by Crippen LogP contribution is -2.02. The second-order valence-corrected chi connectivity index (χ2v) is 5.09. The molecule has 0 bridgehead atoms. The minimum atomic E-state index is 0.258. The molecule has 0 aliphatic heterocycles. The summed E-state index contributed by atoms with van der Waals surface area (Å²) in [5.41, 5.74) is 0. The Bertz CT molecular complexity index is 171. The normalized spacial score (nSPS) is 11.9. The van der Waals surface area contributed by atoms with Gasteiger partial charge >= 0.3 is 0 Å². The molecule has 0 saturated heterocycles. The molecule has 0 N–H and O–H groups in total. The van der Waals surface area contributed by atoms with Crippen molar-refractivity contribution < 1.29 is 0 Å². The van der Waals surface area contributed by atoms with Crippen LogP contribution in [-0.4, -0.2) is 0 Å². The summed E-state index contributed by atoms with van der Waals surface area (Å²) in [4.78, 5) is 1.42. The summed E-state index contributed by atoms with van der Waals surface area (Å²) in [6.45, 7) is 4.40. The number of hydrogen-bond acceptors (Lipinski definition) is 1. The summed E-state index contributed by atoms with van der Waals surface area (Å²) in [7, 11) is 2.83. The first kappa shape index (κ1) is 7.24. The molecule has 0 aliphatic rings. The molecule has 0 nitrogen and oxygen atoms in total. The van der Waals surface area contributed by atoms with Gasteiger partial charge < -0.3 is 0 Å². The van der Waals surface area contributed by atoms with Crippen LogP contribution in [0.4, 0.5) is 0 Å². The molecule has 0 aromatic carbocycles. The van der Waals surface area contributed by atoms with Crippen molar-refractivity contribution in [1.29, 1.82) is 0 Å². The van der Waals surface area contributed by atoms with Gasteiger partial charge in [0.1, 0.15) is 0 Å². The van der Waals surface area contributed by atoms with Gasteiger partial charge in [-0.2, -0.15) is 0 Å². The highest BCUT2D eigenvalue weighted by Gasteiger charge is 2.13. The van der Waals surface area contributed by atoms with Crippen molar-refractivity contribution in [2.45, 2.75) is 19.0 Å². The van der Waals surface area contributed by atoms with Crippen LogP contribution < -0.4 is 0 Å². The molecular weight excluding hydrogens is 147 g/mol. The molecule has 0 fully saturated rings. The summed E-state index contributed by atoms with van der Waals surface area (Å²) in [6.07, 6.45) is 0. The molecule has 1 aromatic rings. The van der Waals surface area contributed by atoms with Gasteiger partial charge in [-0.25, -0.2) is 0 Å². The van der Waals surface area contributed by atoms with Gasteiger partial charge in [-0.1, -0.05) is 19.9 Å². The lowest BCUT2D eigenvalue weighted by atomic mass is 10.2. The Morgan fingerprint density at radius 2 is 2.22 bits per heavy atom. The van der Waals surface area contributed by atoms with E-state index in [0.29, 0.717) is 0 Å². The van der Waals surface area contributed by atoms with Crippen LogP contribution in [-0.2, 0) is 5.16 Å². The van der Waals surface area contributed by atoms with E-state index >= 15 is 0 Å². The van der Waals surface area contributed by atoms with Gasteiger partial charge in [-0.15, -0.1) is 20.6 Å². The lowest BCUT2D eigenvalue weighted by molar-refractivity contribution is 0.803. The van der Waals surface area contributed by atoms with Crippen molar-refractivity contribution >= 4 is 20.6 Å². The zero-order chi connectivity index (χ0) is 6.91. The zero-order valence-electron chi connectivity index (χ0n) is 5.72. The molecule has 1 rings (SSSR count). The van der Waals surface area contributed by atoms with Crippen molar-refractivity contribution in [3.05, 3.63) is 22.4 Å². The van der Waals surface area contributed by atoms with E-state index in [1.54, 1.807) is 0 Å². The fourth-order valence-corrected chi connectivity index (χ4v) is 1.71. The van der Waals surface area contributed by atoms with Crippen molar-refractivity contribution in [1.82, 2.24) is 0 Å². The van der Waals surface area contributed by atoms with Crippen LogP contribution in [0.15, 0.2) is 17.5 Å². The first-order valence-electron chi connectivity index (χ1n) is 2.93. The Kier molecular flexibility index (Phi) is 1.93. The molecule has 1 unspecified atom stereocenters. The summed E-state index contributed by atoms with van der Waals surface area (Å²) >= 11 is 1.81. The Morgan fingerprint density at radius 1 is 1.56 bits per heavy atom. The van der Waals surface area contributed by atoms with Crippen molar-refractivity contribution in [3.63, 3.8) is 0 Å². The molecule has 1 heterocycles. The fraction of sp³-hybridized carbons (Fsp3) is 0.429. The maximum Gasteiger partial charge on any atom is 0.0139 e. The third-order valence-corrected chi connectivity index (χ3v) is 2.89. The van der Waals surface area contributed by atoms with Gasteiger partial charge in [0.15, 0.2) is 0 Å². The molecular formula is C7H11PS. The quantitative estimate of drug-likeness (QED) is 0.551. The van der Waals surface area contributed by atoms with E-state index in [0.717, 1.165) is 0 Å². The Balaban J connectivity index is 2.90. The minimum absolute atomic E-state index is 0.258. The van der Waals surface area contributed by atoms with E-state index in [4.69, 9.17) is 0 Å². The van der Waals surface area contributed by atoms with E-state index in [2.05, 4.69) is 40.6 Å². The first-order valence-corrected chi connectivity index (χ1v) is 4.39. The van der Waals surface area contributed by atoms with E-state index in [-0.39, 0.29) is 5.16 Å². The molecule has 0 amide bonds. The maximum absolute atomic E-state index is 2.83. The molecule has 9 heavy (non-hydrogen) atoms. The van der Waals surface area contributed by atoms with Crippen LogP contribution >= 0.6 is 20.6 Å². The van der Waals surface area contributed by atoms with Crippen LogP contribution in [0.5, 0.6) is 0 Å². The molecule has 0 saturated carbocycles. The molecule has 2 heteroatoms.